The minimum absolute atomic E-state index is 0.0558. The van der Waals surface area contributed by atoms with E-state index in [4.69, 9.17) is 16.3 Å². The lowest BCUT2D eigenvalue weighted by Gasteiger charge is -2.48. The largest absolute Gasteiger partial charge is 0.444 e. The fourth-order valence-corrected chi connectivity index (χ4v) is 7.35. The number of fused-ring (bicyclic) bond motifs is 2. The van der Waals surface area contributed by atoms with Crippen molar-refractivity contribution >= 4 is 27.7 Å². The molecule has 3 heterocycles. The van der Waals surface area contributed by atoms with Crippen LogP contribution in [0.2, 0.25) is 5.02 Å². The van der Waals surface area contributed by atoms with Crippen LogP contribution in [0, 0.1) is 0 Å². The minimum atomic E-state index is -3.72. The third-order valence-corrected chi connectivity index (χ3v) is 9.60. The number of piperazine rings is 1. The smallest absolute Gasteiger partial charge is 0.410 e. The summed E-state index contributed by atoms with van der Waals surface area (Å²) in [5.41, 5.74) is -0.326. The Bertz CT molecular complexity index is 947. The normalized spacial score (nSPS) is 27.4. The summed E-state index contributed by atoms with van der Waals surface area (Å²) in [6.45, 7) is 6.40. The van der Waals surface area contributed by atoms with Gasteiger partial charge in [-0.15, -0.1) is 0 Å². The molecule has 3 saturated heterocycles. The second-order valence-electron chi connectivity index (χ2n) is 9.89. The van der Waals surface area contributed by atoms with Gasteiger partial charge in [-0.1, -0.05) is 18.0 Å². The molecule has 1 aromatic carbocycles. The molecule has 4 rings (SSSR count). The number of nitrogens with zero attached hydrogens (tertiary/aromatic N) is 3. The molecule has 0 aromatic heterocycles. The van der Waals surface area contributed by atoms with Crippen LogP contribution in [-0.4, -0.2) is 90.2 Å². The van der Waals surface area contributed by atoms with Crippen LogP contribution >= 0.6 is 11.6 Å². The van der Waals surface area contributed by atoms with E-state index >= 15 is 0 Å². The van der Waals surface area contributed by atoms with Crippen molar-refractivity contribution in [3.63, 3.8) is 0 Å². The lowest BCUT2D eigenvalue weighted by atomic mass is 9.85. The second kappa shape index (κ2) is 9.70. The van der Waals surface area contributed by atoms with E-state index in [1.165, 1.54) is 12.1 Å². The van der Waals surface area contributed by atoms with E-state index in [2.05, 4.69) is 4.90 Å². The Kier molecular flexibility index (Phi) is 7.27. The first-order chi connectivity index (χ1) is 15.6. The number of carbonyl (C=O) groups is 1. The summed E-state index contributed by atoms with van der Waals surface area (Å²) in [6.07, 6.45) is 2.94. The number of benzene rings is 1. The Morgan fingerprint density at radius 1 is 1.09 bits per heavy atom. The van der Waals surface area contributed by atoms with Gasteiger partial charge in [0.25, 0.3) is 0 Å². The zero-order valence-corrected chi connectivity index (χ0v) is 20.9. The average Bonchev–Trinajstić information content (AvgIpc) is 2.81. The quantitative estimate of drug-likeness (QED) is 0.670. The molecule has 0 aliphatic carbocycles. The summed E-state index contributed by atoms with van der Waals surface area (Å²) in [6, 6.07) is 5.83. The Morgan fingerprint density at radius 3 is 2.39 bits per heavy atom. The molecule has 3 fully saturated rings. The van der Waals surface area contributed by atoms with Crippen LogP contribution in [-0.2, 0) is 14.8 Å². The highest BCUT2D eigenvalue weighted by atomic mass is 35.5. The fraction of sp³-hybridized carbons (Fsp3) is 0.696. The predicted molar refractivity (Wildman–Crippen MR) is 126 cm³/mol. The van der Waals surface area contributed by atoms with E-state index in [0.29, 0.717) is 50.5 Å². The molecule has 1 N–H and O–H groups in total. The highest BCUT2D eigenvalue weighted by Gasteiger charge is 2.48. The highest BCUT2D eigenvalue weighted by Crippen LogP contribution is 2.39. The average molecular weight is 500 g/mol. The summed E-state index contributed by atoms with van der Waals surface area (Å²) in [4.78, 5) is 17.1. The molecule has 1 amide bonds. The number of hydrogen-bond donors (Lipinski definition) is 1. The summed E-state index contributed by atoms with van der Waals surface area (Å²) in [7, 11) is -3.72. The van der Waals surface area contributed by atoms with Crippen LogP contribution in [0.5, 0.6) is 0 Å². The first kappa shape index (κ1) is 24.7. The molecule has 3 atom stereocenters. The zero-order valence-electron chi connectivity index (χ0n) is 19.3. The molecule has 2 bridgehead atoms. The van der Waals surface area contributed by atoms with Crippen LogP contribution in [0.15, 0.2) is 29.2 Å². The number of carbonyl (C=O) groups excluding carboxylic acids is 1. The number of halogens is 1. The Balaban J connectivity index is 1.45. The molecule has 0 radical (unpaired) electrons. The van der Waals surface area contributed by atoms with Crippen LogP contribution in [0.3, 0.4) is 0 Å². The van der Waals surface area contributed by atoms with Crippen molar-refractivity contribution in [2.75, 3.05) is 32.8 Å². The maximum Gasteiger partial charge on any atom is 0.410 e. The van der Waals surface area contributed by atoms with E-state index in [0.717, 1.165) is 12.8 Å². The zero-order chi connectivity index (χ0) is 23.8. The van der Waals surface area contributed by atoms with Gasteiger partial charge in [0.1, 0.15) is 6.10 Å². The van der Waals surface area contributed by atoms with E-state index in [9.17, 15) is 18.3 Å². The molecular formula is C23H34ClN3O5S. The first-order valence-corrected chi connectivity index (χ1v) is 13.6. The van der Waals surface area contributed by atoms with Gasteiger partial charge in [0.15, 0.2) is 0 Å². The maximum atomic E-state index is 13.5. The van der Waals surface area contributed by atoms with Crippen molar-refractivity contribution in [3.05, 3.63) is 29.3 Å². The molecule has 1 aromatic rings. The van der Waals surface area contributed by atoms with Gasteiger partial charge in [0.2, 0.25) is 10.0 Å². The lowest BCUT2D eigenvalue weighted by molar-refractivity contribution is -0.0353. The molecule has 8 nitrogen and oxygen atoms in total. The van der Waals surface area contributed by atoms with E-state index in [-0.39, 0.29) is 35.2 Å². The fourth-order valence-electron chi connectivity index (χ4n) is 5.30. The molecule has 3 aliphatic heterocycles. The summed E-state index contributed by atoms with van der Waals surface area (Å²) < 4.78 is 34.6. The van der Waals surface area contributed by atoms with Gasteiger partial charge in [-0.05, 0) is 63.8 Å². The van der Waals surface area contributed by atoms with Crippen molar-refractivity contribution in [1.82, 2.24) is 14.1 Å². The summed E-state index contributed by atoms with van der Waals surface area (Å²) in [5.74, 6) is 0. The summed E-state index contributed by atoms with van der Waals surface area (Å²) >= 11 is 5.95. The van der Waals surface area contributed by atoms with Crippen LogP contribution < -0.4 is 0 Å². The van der Waals surface area contributed by atoms with E-state index in [1.54, 1.807) is 21.3 Å². The third-order valence-electron chi connectivity index (χ3n) is 7.36. The van der Waals surface area contributed by atoms with Crippen LogP contribution in [0.1, 0.15) is 46.0 Å². The van der Waals surface area contributed by atoms with Gasteiger partial charge in [0.05, 0.1) is 17.5 Å². The topological polar surface area (TPSA) is 90.4 Å². The van der Waals surface area contributed by atoms with Crippen molar-refractivity contribution in [3.8, 4) is 0 Å². The molecule has 0 saturated carbocycles. The van der Waals surface area contributed by atoms with Crippen molar-refractivity contribution in [1.29, 1.82) is 0 Å². The number of piperidine rings is 2. The van der Waals surface area contributed by atoms with Gasteiger partial charge >= 0.3 is 6.09 Å². The maximum absolute atomic E-state index is 13.5. The predicted octanol–water partition coefficient (Wildman–Crippen LogP) is 2.94. The van der Waals surface area contributed by atoms with Crippen molar-refractivity contribution in [2.24, 2.45) is 0 Å². The lowest BCUT2D eigenvalue weighted by Crippen LogP contribution is -2.60. The molecular weight excluding hydrogens is 466 g/mol. The molecule has 2 unspecified atom stereocenters. The SMILES string of the molecule is CC(C)(CO)N1CCN(C(=O)O[C@H]2CCC3CCCC2N3S(=O)(=O)c2ccc(Cl)cc2)CC1. The van der Waals surface area contributed by atoms with Crippen molar-refractivity contribution in [2.45, 2.75) is 74.6 Å². The van der Waals surface area contributed by atoms with Gasteiger partial charge < -0.3 is 14.7 Å². The van der Waals surface area contributed by atoms with Crippen LogP contribution in [0.4, 0.5) is 4.79 Å². The standard InChI is InChI=1S/C23H34ClN3O5S/c1-23(2,16-28)26-14-12-25(13-15-26)22(29)32-21-11-8-18-4-3-5-20(21)27(18)33(30,31)19-9-6-17(24)7-10-19/h6-7,9-10,18,20-21,28H,3-5,8,11-16H2,1-2H3/t18?,20?,21-/m0/s1. The number of rotatable bonds is 5. The molecule has 0 spiro atoms. The number of aliphatic hydroxyl groups excluding tert-OH is 1. The number of amides is 1. The van der Waals surface area contributed by atoms with Crippen LogP contribution in [0.25, 0.3) is 0 Å². The third kappa shape index (κ3) is 5.03. The highest BCUT2D eigenvalue weighted by molar-refractivity contribution is 7.89. The van der Waals surface area contributed by atoms with Gasteiger partial charge in [-0.25, -0.2) is 13.2 Å². The monoisotopic (exact) mass is 499 g/mol. The Morgan fingerprint density at radius 2 is 1.76 bits per heavy atom. The van der Waals surface area contributed by atoms with Crippen molar-refractivity contribution < 1.29 is 23.1 Å². The number of sulfonamides is 1. The number of aliphatic hydroxyl groups is 1. The number of ether oxygens (including phenoxy) is 1. The molecule has 10 heteroatoms. The molecule has 33 heavy (non-hydrogen) atoms. The van der Waals surface area contributed by atoms with Gasteiger partial charge in [-0.3, -0.25) is 4.90 Å². The molecule has 184 valence electrons. The van der Waals surface area contributed by atoms with Gasteiger partial charge in [-0.2, -0.15) is 4.31 Å². The van der Waals surface area contributed by atoms with E-state index < -0.39 is 16.1 Å². The second-order valence-corrected chi connectivity index (χ2v) is 12.2. The Hall–Kier alpha value is -1.39. The number of hydrogen-bond acceptors (Lipinski definition) is 6. The summed E-state index contributed by atoms with van der Waals surface area (Å²) in [5, 5.41) is 10.1. The van der Waals surface area contributed by atoms with Gasteiger partial charge in [0, 0.05) is 42.8 Å². The minimum Gasteiger partial charge on any atom is -0.444 e. The first-order valence-electron chi connectivity index (χ1n) is 11.7. The molecule has 3 aliphatic rings. The van der Waals surface area contributed by atoms with E-state index in [1.807, 2.05) is 13.8 Å². The Labute approximate surface area is 201 Å².